The summed E-state index contributed by atoms with van der Waals surface area (Å²) >= 11 is 1.38. The number of nitrogens with zero attached hydrogens (tertiary/aromatic N) is 5. The fraction of sp³-hybridized carbons (Fsp3) is 0.583. The van der Waals surface area contributed by atoms with Crippen LogP contribution in [0, 0.1) is 6.92 Å². The molecule has 188 valence electrons. The van der Waals surface area contributed by atoms with Crippen LogP contribution < -0.4 is 15.8 Å². The number of amides is 1. The number of carbonyl (C=O) groups is 1. The summed E-state index contributed by atoms with van der Waals surface area (Å²) in [6.07, 6.45) is 7.30. The van der Waals surface area contributed by atoms with Gasteiger partial charge in [0.1, 0.15) is 16.6 Å². The first-order valence-electron chi connectivity index (χ1n) is 12.4. The molecule has 4 heterocycles. The van der Waals surface area contributed by atoms with Crippen molar-refractivity contribution in [2.75, 3.05) is 31.6 Å². The average molecular weight is 500 g/mol. The summed E-state index contributed by atoms with van der Waals surface area (Å²) < 4.78 is 18.5. The predicted octanol–water partition coefficient (Wildman–Crippen LogP) is 3.23. The Bertz CT molecular complexity index is 1150. The molecule has 10 nitrogen and oxygen atoms in total. The van der Waals surface area contributed by atoms with Crippen molar-refractivity contribution in [2.45, 2.75) is 64.1 Å². The SMILES string of the molecule is Cc1cc(Nc2nc(O[C@H]3CC[C@H](N4CCOCC4)CC3)c3c(ccn3CCCC(N)=O)n2)sn1. The van der Waals surface area contributed by atoms with Gasteiger partial charge in [-0.25, -0.2) is 4.98 Å². The van der Waals surface area contributed by atoms with E-state index in [0.29, 0.717) is 37.3 Å². The second-order valence-corrected chi connectivity index (χ2v) is 10.1. The Hall–Kier alpha value is -2.76. The molecule has 1 aliphatic heterocycles. The Morgan fingerprint density at radius 3 is 2.77 bits per heavy atom. The van der Waals surface area contributed by atoms with Gasteiger partial charge in [0.2, 0.25) is 17.7 Å². The maximum absolute atomic E-state index is 11.2. The third-order valence-electron chi connectivity index (χ3n) is 6.75. The van der Waals surface area contributed by atoms with Crippen molar-refractivity contribution < 1.29 is 14.3 Å². The number of hydrogen-bond donors (Lipinski definition) is 2. The number of fused-ring (bicyclic) bond motifs is 1. The van der Waals surface area contributed by atoms with Crippen molar-refractivity contribution in [1.82, 2.24) is 23.8 Å². The molecule has 1 aliphatic carbocycles. The van der Waals surface area contributed by atoms with Gasteiger partial charge in [-0.2, -0.15) is 9.36 Å². The van der Waals surface area contributed by atoms with Gasteiger partial charge < -0.3 is 25.1 Å². The molecule has 2 aliphatic rings. The maximum Gasteiger partial charge on any atom is 0.243 e. The largest absolute Gasteiger partial charge is 0.473 e. The number of anilines is 2. The van der Waals surface area contributed by atoms with Crippen molar-refractivity contribution >= 4 is 39.4 Å². The van der Waals surface area contributed by atoms with Crippen molar-refractivity contribution in [3.05, 3.63) is 24.0 Å². The van der Waals surface area contributed by atoms with Gasteiger partial charge in [-0.15, -0.1) is 0 Å². The molecule has 0 radical (unpaired) electrons. The molecule has 1 saturated heterocycles. The van der Waals surface area contributed by atoms with Gasteiger partial charge in [0.15, 0.2) is 0 Å². The predicted molar refractivity (Wildman–Crippen MR) is 135 cm³/mol. The van der Waals surface area contributed by atoms with E-state index in [1.54, 1.807) is 0 Å². The number of hydrogen-bond acceptors (Lipinski definition) is 9. The monoisotopic (exact) mass is 499 g/mol. The Kier molecular flexibility index (Phi) is 7.45. The molecule has 2 fully saturated rings. The van der Waals surface area contributed by atoms with Crippen LogP contribution in [0.4, 0.5) is 10.9 Å². The van der Waals surface area contributed by atoms with Crippen LogP contribution in [0.1, 0.15) is 44.2 Å². The second kappa shape index (κ2) is 10.9. The Morgan fingerprint density at radius 2 is 2.06 bits per heavy atom. The number of aryl methyl sites for hydroxylation is 2. The molecule has 35 heavy (non-hydrogen) atoms. The molecule has 3 aromatic heterocycles. The Balaban J connectivity index is 1.34. The zero-order valence-electron chi connectivity index (χ0n) is 20.1. The van der Waals surface area contributed by atoms with Crippen LogP contribution in [0.2, 0.25) is 0 Å². The van der Waals surface area contributed by atoms with E-state index in [1.807, 2.05) is 25.3 Å². The third kappa shape index (κ3) is 5.91. The van der Waals surface area contributed by atoms with E-state index >= 15 is 0 Å². The van der Waals surface area contributed by atoms with Crippen LogP contribution >= 0.6 is 11.5 Å². The van der Waals surface area contributed by atoms with Gasteiger partial charge in [-0.3, -0.25) is 9.69 Å². The Labute approximate surface area is 209 Å². The summed E-state index contributed by atoms with van der Waals surface area (Å²) in [6, 6.07) is 4.54. The van der Waals surface area contributed by atoms with E-state index in [9.17, 15) is 4.79 Å². The van der Waals surface area contributed by atoms with Gasteiger partial charge in [0.05, 0.1) is 24.4 Å². The summed E-state index contributed by atoms with van der Waals surface area (Å²) in [6.45, 7) is 6.31. The molecule has 5 rings (SSSR count). The van der Waals surface area contributed by atoms with E-state index in [-0.39, 0.29) is 12.0 Å². The van der Waals surface area contributed by atoms with E-state index in [2.05, 4.69) is 19.2 Å². The van der Waals surface area contributed by atoms with Crippen LogP contribution in [0.25, 0.3) is 11.0 Å². The summed E-state index contributed by atoms with van der Waals surface area (Å²) in [7, 11) is 0. The lowest BCUT2D eigenvalue weighted by molar-refractivity contribution is -0.118. The molecular formula is C24H33N7O3S. The zero-order chi connectivity index (χ0) is 24.2. The first kappa shape index (κ1) is 24.0. The van der Waals surface area contributed by atoms with Crippen molar-refractivity contribution in [3.63, 3.8) is 0 Å². The van der Waals surface area contributed by atoms with Crippen molar-refractivity contribution in [3.8, 4) is 5.88 Å². The molecule has 0 aromatic carbocycles. The highest BCUT2D eigenvalue weighted by atomic mass is 32.1. The van der Waals surface area contributed by atoms with Crippen LogP contribution in [-0.4, -0.2) is 68.2 Å². The van der Waals surface area contributed by atoms with Gasteiger partial charge in [-0.05, 0) is 62.7 Å². The van der Waals surface area contributed by atoms with Crippen molar-refractivity contribution in [1.29, 1.82) is 0 Å². The minimum absolute atomic E-state index is 0.109. The molecule has 11 heteroatoms. The number of rotatable bonds is 9. The van der Waals surface area contributed by atoms with E-state index < -0.39 is 0 Å². The normalized spacial score (nSPS) is 21.3. The maximum atomic E-state index is 11.2. The average Bonchev–Trinajstić information content (AvgIpc) is 3.46. The molecule has 3 aromatic rings. The van der Waals surface area contributed by atoms with Gasteiger partial charge in [0.25, 0.3) is 0 Å². The molecule has 0 unspecified atom stereocenters. The number of nitrogens with two attached hydrogens (primary N) is 1. The lowest BCUT2D eigenvalue weighted by Gasteiger charge is -2.38. The fourth-order valence-electron chi connectivity index (χ4n) is 4.98. The molecule has 1 saturated carbocycles. The van der Waals surface area contributed by atoms with E-state index in [4.69, 9.17) is 25.2 Å². The number of ether oxygens (including phenoxy) is 2. The first-order valence-corrected chi connectivity index (χ1v) is 13.2. The molecule has 0 bridgehead atoms. The fourth-order valence-corrected chi connectivity index (χ4v) is 5.64. The first-order chi connectivity index (χ1) is 17.0. The van der Waals surface area contributed by atoms with Gasteiger partial charge in [0, 0.05) is 38.3 Å². The lowest BCUT2D eigenvalue weighted by atomic mass is 9.91. The molecule has 0 spiro atoms. The highest BCUT2D eigenvalue weighted by molar-refractivity contribution is 7.10. The lowest BCUT2D eigenvalue weighted by Crippen LogP contribution is -2.46. The summed E-state index contributed by atoms with van der Waals surface area (Å²) in [5, 5.41) is 4.17. The molecule has 1 amide bonds. The third-order valence-corrected chi connectivity index (χ3v) is 7.54. The van der Waals surface area contributed by atoms with Crippen LogP contribution in [0.5, 0.6) is 5.88 Å². The van der Waals surface area contributed by atoms with E-state index in [0.717, 1.165) is 73.7 Å². The van der Waals surface area contributed by atoms with Gasteiger partial charge in [-0.1, -0.05) is 0 Å². The highest BCUT2D eigenvalue weighted by Crippen LogP contribution is 2.32. The topological polar surface area (TPSA) is 120 Å². The minimum Gasteiger partial charge on any atom is -0.473 e. The standard InChI is InChI=1S/C24H33N7O3S/c1-16-15-21(35-29-16)27-24-26-19-8-10-31(9-2-3-20(25)32)22(19)23(28-24)34-18-6-4-17(5-7-18)30-11-13-33-14-12-30/h8,10,15,17-18H,2-7,9,11-14H2,1H3,(H2,25,32)(H,26,27,28)/t17-,18-. The van der Waals surface area contributed by atoms with Crippen LogP contribution in [-0.2, 0) is 16.1 Å². The molecular weight excluding hydrogens is 466 g/mol. The number of aromatic nitrogens is 4. The smallest absolute Gasteiger partial charge is 0.243 e. The van der Waals surface area contributed by atoms with Gasteiger partial charge >= 0.3 is 0 Å². The quantitative estimate of drug-likeness (QED) is 0.460. The van der Waals surface area contributed by atoms with E-state index in [1.165, 1.54) is 11.5 Å². The molecule has 3 N–H and O–H groups in total. The number of carbonyl (C=O) groups excluding carboxylic acids is 1. The van der Waals surface area contributed by atoms with Crippen LogP contribution in [0.3, 0.4) is 0 Å². The summed E-state index contributed by atoms with van der Waals surface area (Å²) in [5.74, 6) is 0.781. The zero-order valence-corrected chi connectivity index (χ0v) is 20.9. The Morgan fingerprint density at radius 1 is 1.26 bits per heavy atom. The number of morpholine rings is 1. The van der Waals surface area contributed by atoms with Crippen LogP contribution in [0.15, 0.2) is 18.3 Å². The number of primary amides is 1. The minimum atomic E-state index is -0.294. The number of nitrogens with one attached hydrogen (secondary N) is 1. The van der Waals surface area contributed by atoms with Crippen molar-refractivity contribution in [2.24, 2.45) is 5.73 Å². The highest BCUT2D eigenvalue weighted by Gasteiger charge is 2.29. The second-order valence-electron chi connectivity index (χ2n) is 9.32. The summed E-state index contributed by atoms with van der Waals surface area (Å²) in [5.41, 5.74) is 7.95. The molecule has 0 atom stereocenters. The summed E-state index contributed by atoms with van der Waals surface area (Å²) in [4.78, 5) is 23.3.